The Morgan fingerprint density at radius 1 is 0.979 bits per heavy atom. The Morgan fingerprint density at radius 3 is 2.36 bits per heavy atom. The molecule has 3 aliphatic heterocycles. The number of thiazole rings is 1. The summed E-state index contributed by atoms with van der Waals surface area (Å²) in [5, 5.41) is 7.24. The van der Waals surface area contributed by atoms with E-state index in [9.17, 15) is 9.59 Å². The number of anilines is 4. The van der Waals surface area contributed by atoms with Crippen LogP contribution in [-0.4, -0.2) is 112 Å². The number of likely N-dealkylation sites (tertiary alicyclic amines) is 2. The Bertz CT molecular complexity index is 1570. The Hall–Kier alpha value is -3.52. The molecule has 0 atom stereocenters. The second kappa shape index (κ2) is 13.9. The van der Waals surface area contributed by atoms with E-state index in [0.717, 1.165) is 76.6 Å². The third kappa shape index (κ3) is 8.14. The largest absolute Gasteiger partial charge is 0.444 e. The first-order valence-electron chi connectivity index (χ1n) is 16.3. The van der Waals surface area contributed by atoms with E-state index in [-0.39, 0.29) is 12.0 Å². The zero-order valence-corrected chi connectivity index (χ0v) is 29.3. The van der Waals surface area contributed by atoms with Crippen LogP contribution in [0.2, 0.25) is 5.02 Å². The summed E-state index contributed by atoms with van der Waals surface area (Å²) in [4.78, 5) is 48.7. The molecular weight excluding hydrogens is 638 g/mol. The highest BCUT2D eigenvalue weighted by Crippen LogP contribution is 2.29. The number of benzene rings is 1. The number of aryl methyl sites for hydroxylation is 2. The lowest BCUT2D eigenvalue weighted by atomic mass is 9.98. The van der Waals surface area contributed by atoms with Crippen molar-refractivity contribution in [3.8, 4) is 0 Å². The first-order chi connectivity index (χ1) is 22.4. The summed E-state index contributed by atoms with van der Waals surface area (Å²) in [6, 6.07) is 8.48. The molecule has 2 amide bonds. The number of nitrogens with zero attached hydrogens (tertiary/aromatic N) is 7. The smallest absolute Gasteiger partial charge is 0.410 e. The maximum absolute atomic E-state index is 12.9. The number of piperidine rings is 1. The molecule has 2 aromatic heterocycles. The fourth-order valence-corrected chi connectivity index (χ4v) is 7.37. The van der Waals surface area contributed by atoms with Gasteiger partial charge in [-0.2, -0.15) is 0 Å². The van der Waals surface area contributed by atoms with Crippen LogP contribution < -0.4 is 15.5 Å². The van der Waals surface area contributed by atoms with Crippen molar-refractivity contribution in [2.24, 2.45) is 0 Å². The number of rotatable bonds is 7. The summed E-state index contributed by atoms with van der Waals surface area (Å²) in [5.41, 5.74) is 1.04. The molecule has 0 radical (unpaired) electrons. The number of carbonyl (C=O) groups excluding carboxylic acids is 2. The van der Waals surface area contributed by atoms with Gasteiger partial charge < -0.3 is 25.2 Å². The summed E-state index contributed by atoms with van der Waals surface area (Å²) in [6.07, 6.45) is 3.65. The van der Waals surface area contributed by atoms with E-state index in [4.69, 9.17) is 21.3 Å². The molecule has 0 saturated carbocycles. The van der Waals surface area contributed by atoms with Crippen LogP contribution in [0.5, 0.6) is 0 Å². The molecule has 0 spiro atoms. The quantitative estimate of drug-likeness (QED) is 0.335. The van der Waals surface area contributed by atoms with E-state index in [1.165, 1.54) is 11.3 Å². The lowest BCUT2D eigenvalue weighted by Crippen LogP contribution is -2.63. The minimum atomic E-state index is -0.457. The maximum atomic E-state index is 12.9. The molecule has 3 aromatic rings. The highest BCUT2D eigenvalue weighted by atomic mass is 35.5. The third-order valence-corrected chi connectivity index (χ3v) is 10.2. The van der Waals surface area contributed by atoms with Gasteiger partial charge >= 0.3 is 6.09 Å². The van der Waals surface area contributed by atoms with Crippen molar-refractivity contribution in [2.75, 3.05) is 67.9 Å². The molecule has 0 bridgehead atoms. The van der Waals surface area contributed by atoms with Gasteiger partial charge in [-0.3, -0.25) is 14.6 Å². The summed E-state index contributed by atoms with van der Waals surface area (Å²) >= 11 is 7.54. The van der Waals surface area contributed by atoms with Gasteiger partial charge in [-0.25, -0.2) is 19.7 Å². The van der Waals surface area contributed by atoms with Crippen LogP contribution in [0.3, 0.4) is 0 Å². The summed E-state index contributed by atoms with van der Waals surface area (Å²) in [5.74, 6) is 1.94. The van der Waals surface area contributed by atoms with E-state index in [1.807, 2.05) is 57.7 Å². The highest BCUT2D eigenvalue weighted by molar-refractivity contribution is 7.17. The summed E-state index contributed by atoms with van der Waals surface area (Å²) in [7, 11) is 0. The highest BCUT2D eigenvalue weighted by Gasteiger charge is 2.39. The van der Waals surface area contributed by atoms with Crippen molar-refractivity contribution in [3.05, 3.63) is 51.7 Å². The lowest BCUT2D eigenvalue weighted by molar-refractivity contribution is -0.0247. The minimum absolute atomic E-state index is 0.203. The topological polar surface area (TPSA) is 119 Å². The van der Waals surface area contributed by atoms with E-state index < -0.39 is 5.60 Å². The molecule has 3 aliphatic rings. The number of hydrogen-bond donors (Lipinski definition) is 2. The van der Waals surface area contributed by atoms with Crippen molar-refractivity contribution in [2.45, 2.75) is 65.1 Å². The fraction of sp³-hybridized carbons (Fsp3) is 0.545. The molecular formula is C33H44ClN9O3S. The second-order valence-electron chi connectivity index (χ2n) is 13.5. The zero-order chi connectivity index (χ0) is 33.3. The molecule has 0 aliphatic carbocycles. The van der Waals surface area contributed by atoms with Gasteiger partial charge in [0.1, 0.15) is 27.9 Å². The van der Waals surface area contributed by atoms with Crippen LogP contribution in [0.4, 0.5) is 27.2 Å². The van der Waals surface area contributed by atoms with Gasteiger partial charge in [-0.15, -0.1) is 0 Å². The molecule has 5 heterocycles. The monoisotopic (exact) mass is 681 g/mol. The SMILES string of the molecule is Cc1nc(Nc2ncc(C(=O)Nc3c(C)cccc3Cl)s2)cc(N2CCN(C3CCN(C4CN(C(=O)OC(C)(C)C)C4)CC3)CC2)n1. The molecule has 47 heavy (non-hydrogen) atoms. The van der Waals surface area contributed by atoms with Crippen molar-refractivity contribution >= 4 is 57.4 Å². The van der Waals surface area contributed by atoms with Crippen LogP contribution in [0.15, 0.2) is 30.5 Å². The van der Waals surface area contributed by atoms with Crippen LogP contribution >= 0.6 is 22.9 Å². The van der Waals surface area contributed by atoms with Gasteiger partial charge in [-0.1, -0.05) is 35.1 Å². The van der Waals surface area contributed by atoms with Crippen molar-refractivity contribution in [1.29, 1.82) is 0 Å². The molecule has 0 unspecified atom stereocenters. The van der Waals surface area contributed by atoms with Crippen molar-refractivity contribution < 1.29 is 14.3 Å². The molecule has 3 saturated heterocycles. The Kier molecular flexibility index (Phi) is 9.88. The zero-order valence-electron chi connectivity index (χ0n) is 27.8. The third-order valence-electron chi connectivity index (χ3n) is 8.93. The number of nitrogens with one attached hydrogen (secondary N) is 2. The summed E-state index contributed by atoms with van der Waals surface area (Å²) < 4.78 is 5.51. The Labute approximate surface area is 285 Å². The molecule has 14 heteroatoms. The number of hydrogen-bond acceptors (Lipinski definition) is 11. The van der Waals surface area contributed by atoms with Gasteiger partial charge in [0.15, 0.2) is 5.13 Å². The predicted molar refractivity (Wildman–Crippen MR) is 186 cm³/mol. The maximum Gasteiger partial charge on any atom is 0.410 e. The first-order valence-corrected chi connectivity index (χ1v) is 17.5. The predicted octanol–water partition coefficient (Wildman–Crippen LogP) is 5.40. The number of halogens is 1. The van der Waals surface area contributed by atoms with Gasteiger partial charge in [0.2, 0.25) is 0 Å². The normalized spacial score (nSPS) is 18.6. The van der Waals surface area contributed by atoms with Crippen LogP contribution in [-0.2, 0) is 4.74 Å². The Morgan fingerprint density at radius 2 is 1.68 bits per heavy atom. The number of amides is 2. The summed E-state index contributed by atoms with van der Waals surface area (Å²) in [6.45, 7) is 16.9. The molecule has 3 fully saturated rings. The lowest BCUT2D eigenvalue weighted by Gasteiger charge is -2.49. The van der Waals surface area contributed by atoms with E-state index >= 15 is 0 Å². The average molecular weight is 682 g/mol. The van der Waals surface area contributed by atoms with Crippen molar-refractivity contribution in [1.82, 2.24) is 29.7 Å². The fourth-order valence-electron chi connectivity index (χ4n) is 6.38. The van der Waals surface area contributed by atoms with Crippen molar-refractivity contribution in [3.63, 3.8) is 0 Å². The second-order valence-corrected chi connectivity index (χ2v) is 15.0. The van der Waals surface area contributed by atoms with E-state index in [1.54, 1.807) is 12.3 Å². The molecule has 6 rings (SSSR count). The van der Waals surface area contributed by atoms with Crippen LogP contribution in [0, 0.1) is 13.8 Å². The number of aromatic nitrogens is 3. The van der Waals surface area contributed by atoms with E-state index in [0.29, 0.717) is 44.4 Å². The number of carbonyl (C=O) groups is 2. The number of para-hydroxylation sites is 1. The van der Waals surface area contributed by atoms with Crippen LogP contribution in [0.25, 0.3) is 0 Å². The molecule has 2 N–H and O–H groups in total. The average Bonchev–Trinajstić information content (AvgIpc) is 3.46. The molecule has 12 nitrogen and oxygen atoms in total. The molecule has 252 valence electrons. The van der Waals surface area contributed by atoms with Gasteiger partial charge in [0, 0.05) is 70.5 Å². The number of piperazine rings is 1. The number of ether oxygens (including phenoxy) is 1. The first kappa shape index (κ1) is 33.4. The van der Waals surface area contributed by atoms with Gasteiger partial charge in [0.25, 0.3) is 5.91 Å². The van der Waals surface area contributed by atoms with Gasteiger partial charge in [-0.05, 0) is 59.1 Å². The Balaban J connectivity index is 0.972. The minimum Gasteiger partial charge on any atom is -0.444 e. The standard InChI is InChI=1S/C33H44ClN9O3S/c1-21-7-6-8-25(34)29(21)39-30(44)26-18-35-31(47-26)38-27-17-28(37-22(2)36-27)42-15-13-41(14-16-42)23-9-11-40(12-10-23)24-19-43(20-24)32(45)46-33(3,4)5/h6-8,17-18,23-24H,9-16,19-20H2,1-5H3,(H,39,44)(H,35,36,37,38). The molecule has 1 aromatic carbocycles. The van der Waals surface area contributed by atoms with E-state index in [2.05, 4.69) is 35.3 Å². The van der Waals surface area contributed by atoms with Crippen LogP contribution in [0.1, 0.15) is 54.7 Å². The van der Waals surface area contributed by atoms with Gasteiger partial charge in [0.05, 0.1) is 16.9 Å².